The van der Waals surface area contributed by atoms with Gasteiger partial charge in [-0.3, -0.25) is 9.32 Å². The molecule has 0 aliphatic carbocycles. The molecular weight excluding hydrogens is 605 g/mol. The van der Waals surface area contributed by atoms with Crippen LogP contribution in [0.4, 0.5) is 0 Å². The molecule has 0 saturated carbocycles. The Morgan fingerprint density at radius 3 is 1.95 bits per heavy atom. The summed E-state index contributed by atoms with van der Waals surface area (Å²) in [5.74, 6) is -1.46. The fourth-order valence-electron chi connectivity index (χ4n) is 4.40. The minimum atomic E-state index is -5.30. The number of hydrogen-bond donors (Lipinski definition) is 12. The summed E-state index contributed by atoms with van der Waals surface area (Å²) in [5.41, 5.74) is 5.33. The molecule has 246 valence electrons. The summed E-state index contributed by atoms with van der Waals surface area (Å²) in [5, 5.41) is 90.3. The number of aliphatic hydroxyl groups is 8. The fourth-order valence-corrected chi connectivity index (χ4v) is 4.94. The van der Waals surface area contributed by atoms with E-state index in [0.29, 0.717) is 0 Å². The predicted molar refractivity (Wildman–Crippen MR) is 126 cm³/mol. The number of aliphatic carboxylic acids is 1. The van der Waals surface area contributed by atoms with Crippen molar-refractivity contribution in [3.8, 4) is 0 Å². The van der Waals surface area contributed by atoms with Gasteiger partial charge in [0, 0.05) is 0 Å². The van der Waals surface area contributed by atoms with Crippen LogP contribution in [-0.2, 0) is 42.3 Å². The van der Waals surface area contributed by atoms with Gasteiger partial charge in [-0.25, -0.2) is 4.57 Å². The standard InChI is InChI=1S/C20H36NO20P/c21-5(17(30)31)3-35-20-16(41-42(32,33)34)10(25)8(4-36-20)39-18-14(29)12(27)15(7(2-23)38-18)40-19-13(28)11(26)9(24)6(1-22)37-19/h5-16,18-20,22-29H,1-4,21H2,(H,30,31)(H2,32,33,34)/t5-,6+,7+,8+,9-,10-,11-,12+,13+,14+,15-,16+,18-,19-,20+/m0/s1. The molecule has 3 fully saturated rings. The van der Waals surface area contributed by atoms with E-state index in [1.165, 1.54) is 0 Å². The molecule has 0 spiro atoms. The topological polar surface area (TPSA) is 347 Å². The highest BCUT2D eigenvalue weighted by Gasteiger charge is 2.53. The fraction of sp³-hybridized carbons (Fsp3) is 0.950. The highest BCUT2D eigenvalue weighted by molar-refractivity contribution is 7.46. The molecule has 0 radical (unpaired) electrons. The molecule has 0 aromatic heterocycles. The maximum Gasteiger partial charge on any atom is 0.470 e. The summed E-state index contributed by atoms with van der Waals surface area (Å²) in [4.78, 5) is 29.5. The van der Waals surface area contributed by atoms with E-state index < -0.39 is 132 Å². The maximum atomic E-state index is 11.5. The highest BCUT2D eigenvalue weighted by Crippen LogP contribution is 2.41. The number of aliphatic hydroxyl groups excluding tert-OH is 8. The zero-order valence-electron chi connectivity index (χ0n) is 21.6. The van der Waals surface area contributed by atoms with E-state index in [1.54, 1.807) is 0 Å². The van der Waals surface area contributed by atoms with Crippen molar-refractivity contribution in [3.63, 3.8) is 0 Å². The number of carbonyl (C=O) groups is 1. The zero-order valence-corrected chi connectivity index (χ0v) is 22.5. The lowest BCUT2D eigenvalue weighted by molar-refractivity contribution is -0.372. The van der Waals surface area contributed by atoms with Gasteiger partial charge in [-0.1, -0.05) is 0 Å². The average molecular weight is 641 g/mol. The van der Waals surface area contributed by atoms with Crippen molar-refractivity contribution in [1.82, 2.24) is 0 Å². The third-order valence-electron chi connectivity index (χ3n) is 6.70. The molecule has 21 nitrogen and oxygen atoms in total. The van der Waals surface area contributed by atoms with Crippen LogP contribution in [0.15, 0.2) is 0 Å². The van der Waals surface area contributed by atoms with E-state index in [4.69, 9.17) is 39.3 Å². The molecule has 0 unspecified atom stereocenters. The van der Waals surface area contributed by atoms with Crippen molar-refractivity contribution in [1.29, 1.82) is 0 Å². The molecule has 0 aromatic rings. The molecule has 22 heteroatoms. The first-order valence-electron chi connectivity index (χ1n) is 12.5. The van der Waals surface area contributed by atoms with Gasteiger partial charge in [0.25, 0.3) is 0 Å². The number of nitrogens with two attached hydrogens (primary N) is 1. The van der Waals surface area contributed by atoms with Crippen LogP contribution in [-0.4, -0.2) is 180 Å². The smallest absolute Gasteiger partial charge is 0.470 e. The zero-order chi connectivity index (χ0) is 31.5. The number of rotatable bonds is 12. The van der Waals surface area contributed by atoms with Crippen LogP contribution in [0.1, 0.15) is 0 Å². The van der Waals surface area contributed by atoms with Crippen LogP contribution in [0.25, 0.3) is 0 Å². The third kappa shape index (κ3) is 8.37. The number of hydrogen-bond acceptors (Lipinski definition) is 18. The highest BCUT2D eigenvalue weighted by atomic mass is 31.2. The first kappa shape index (κ1) is 35.5. The Balaban J connectivity index is 1.70. The molecule has 3 rings (SSSR count). The van der Waals surface area contributed by atoms with E-state index in [1.807, 2.05) is 0 Å². The minimum Gasteiger partial charge on any atom is -0.480 e. The number of ether oxygens (including phenoxy) is 6. The minimum absolute atomic E-state index is 0.605. The van der Waals surface area contributed by atoms with Crippen molar-refractivity contribution in [3.05, 3.63) is 0 Å². The monoisotopic (exact) mass is 641 g/mol. The number of phosphoric ester groups is 1. The second-order valence-corrected chi connectivity index (χ2v) is 10.9. The summed E-state index contributed by atoms with van der Waals surface area (Å²) in [6, 6.07) is -1.56. The molecule has 0 amide bonds. The largest absolute Gasteiger partial charge is 0.480 e. The van der Waals surface area contributed by atoms with Gasteiger partial charge in [0.05, 0.1) is 26.4 Å². The number of phosphoric acid groups is 1. The average Bonchev–Trinajstić information content (AvgIpc) is 2.93. The Labute approximate surface area is 236 Å². The van der Waals surface area contributed by atoms with Gasteiger partial charge in [-0.2, -0.15) is 0 Å². The SMILES string of the molecule is N[C@@H](CO[C@@H]1OC[C@@H](O[C@@H]2O[C@H](CO)[C@H](O[C@@H]3O[C@H](CO)[C@H](O)[C@H](O)[C@H]3O)[C@H](O)[C@H]2O)[C@H](O)[C@H]1OP(=O)(O)O)C(=O)O. The molecule has 42 heavy (non-hydrogen) atoms. The molecule has 3 saturated heterocycles. The molecule has 3 heterocycles. The molecule has 3 aliphatic heterocycles. The van der Waals surface area contributed by atoms with Crippen LogP contribution < -0.4 is 5.73 Å². The Hall–Kier alpha value is -1.02. The van der Waals surface area contributed by atoms with Crippen LogP contribution in [0.5, 0.6) is 0 Å². The van der Waals surface area contributed by atoms with Crippen molar-refractivity contribution >= 4 is 13.8 Å². The van der Waals surface area contributed by atoms with Gasteiger partial charge in [0.2, 0.25) is 0 Å². The number of carboxylic acid groups (broad SMARTS) is 1. The maximum absolute atomic E-state index is 11.5. The van der Waals surface area contributed by atoms with Gasteiger partial charge in [0.1, 0.15) is 73.2 Å². The van der Waals surface area contributed by atoms with Crippen molar-refractivity contribution in [2.24, 2.45) is 5.73 Å². The summed E-state index contributed by atoms with van der Waals surface area (Å²) in [6.07, 6.45) is -24.8. The Kier molecular flexibility index (Phi) is 12.5. The van der Waals surface area contributed by atoms with Crippen molar-refractivity contribution < 1.29 is 98.1 Å². The van der Waals surface area contributed by atoms with Crippen LogP contribution in [0.2, 0.25) is 0 Å². The molecule has 3 aliphatic rings. The van der Waals surface area contributed by atoms with Gasteiger partial charge in [-0.05, 0) is 0 Å². The van der Waals surface area contributed by atoms with Crippen molar-refractivity contribution in [2.75, 3.05) is 26.4 Å². The van der Waals surface area contributed by atoms with E-state index in [2.05, 4.69) is 4.52 Å². The van der Waals surface area contributed by atoms with Crippen LogP contribution in [0, 0.1) is 0 Å². The van der Waals surface area contributed by atoms with Crippen LogP contribution >= 0.6 is 7.82 Å². The summed E-state index contributed by atoms with van der Waals surface area (Å²) in [7, 11) is -5.30. The van der Waals surface area contributed by atoms with E-state index in [9.17, 15) is 60.0 Å². The Morgan fingerprint density at radius 1 is 0.810 bits per heavy atom. The van der Waals surface area contributed by atoms with Gasteiger partial charge >= 0.3 is 13.8 Å². The second-order valence-electron chi connectivity index (χ2n) is 9.71. The number of carboxylic acids is 1. The van der Waals surface area contributed by atoms with E-state index >= 15 is 0 Å². The first-order valence-corrected chi connectivity index (χ1v) is 14.0. The summed E-state index contributed by atoms with van der Waals surface area (Å²) in [6.45, 7) is -2.98. The molecule has 13 N–H and O–H groups in total. The predicted octanol–water partition coefficient (Wildman–Crippen LogP) is -7.38. The Morgan fingerprint density at radius 2 is 1.38 bits per heavy atom. The quantitative estimate of drug-likeness (QED) is 0.0880. The second kappa shape index (κ2) is 14.8. The van der Waals surface area contributed by atoms with Gasteiger partial charge in [0.15, 0.2) is 18.9 Å². The molecule has 0 bridgehead atoms. The summed E-state index contributed by atoms with van der Waals surface area (Å²) >= 11 is 0. The lowest BCUT2D eigenvalue weighted by Crippen LogP contribution is -2.65. The molecule has 0 aromatic carbocycles. The van der Waals surface area contributed by atoms with E-state index in [0.717, 1.165) is 0 Å². The third-order valence-corrected chi connectivity index (χ3v) is 7.21. The van der Waals surface area contributed by atoms with Crippen molar-refractivity contribution in [2.45, 2.75) is 92.1 Å². The van der Waals surface area contributed by atoms with E-state index in [-0.39, 0.29) is 0 Å². The Bertz CT molecular complexity index is 922. The normalized spacial score (nSPS) is 44.1. The summed E-state index contributed by atoms with van der Waals surface area (Å²) < 4.78 is 48.0. The molecular formula is C20H36NO20P. The lowest BCUT2D eigenvalue weighted by Gasteiger charge is -2.47. The first-order chi connectivity index (χ1) is 19.6. The molecule has 15 atom stereocenters. The van der Waals surface area contributed by atoms with Crippen LogP contribution in [0.3, 0.4) is 0 Å². The van der Waals surface area contributed by atoms with Gasteiger partial charge in [-0.15, -0.1) is 0 Å². The van der Waals surface area contributed by atoms with Gasteiger partial charge < -0.3 is 89.9 Å². The lowest BCUT2D eigenvalue weighted by atomic mass is 9.97.